The second kappa shape index (κ2) is 12.2. The zero-order valence-electron chi connectivity index (χ0n) is 25.5. The maximum absolute atomic E-state index is 14.4. The Balaban J connectivity index is 1.42. The van der Waals surface area contributed by atoms with Gasteiger partial charge in [-0.25, -0.2) is 9.37 Å². The van der Waals surface area contributed by atoms with E-state index in [4.69, 9.17) is 0 Å². The van der Waals surface area contributed by atoms with Crippen LogP contribution >= 0.6 is 0 Å². The summed E-state index contributed by atoms with van der Waals surface area (Å²) in [5, 5.41) is 10.8. The molecule has 5 aromatic rings. The summed E-state index contributed by atoms with van der Waals surface area (Å²) in [5.74, 6) is -0.506. The van der Waals surface area contributed by atoms with Crippen LogP contribution < -0.4 is 10.9 Å². The molecule has 1 saturated heterocycles. The van der Waals surface area contributed by atoms with Crippen LogP contribution in [0.25, 0.3) is 33.5 Å². The number of pyridine rings is 1. The number of benzene rings is 2. The standard InChI is InChI=1S/C32H32F4N8O2/c1-19-5-4-8-43(13-19)14-20-9-25(31(46)44(15-20)16-32(34,35)36)30(45)39-26-10-21(11-27-28(26)37-17-41(27)2)23-7-6-22(33)12-24(23)29-40-38-18-42(29)3/h6-7,9-12,15,17-19H,4-5,8,13-14,16H2,1-3H3,(H,39,45)/t19-/m0/s1. The van der Waals surface area contributed by atoms with Crippen molar-refractivity contribution in [3.63, 3.8) is 0 Å². The first-order valence-electron chi connectivity index (χ1n) is 14.8. The molecule has 0 bridgehead atoms. The van der Waals surface area contributed by atoms with E-state index >= 15 is 0 Å². The van der Waals surface area contributed by atoms with E-state index in [0.29, 0.717) is 56.1 Å². The number of hydrogen-bond donors (Lipinski definition) is 1. The number of halogens is 4. The first-order valence-corrected chi connectivity index (χ1v) is 14.8. The summed E-state index contributed by atoms with van der Waals surface area (Å²) in [6, 6.07) is 9.05. The molecule has 1 amide bonds. The van der Waals surface area contributed by atoms with E-state index in [1.165, 1.54) is 30.7 Å². The Hall–Kier alpha value is -4.85. The van der Waals surface area contributed by atoms with Crippen molar-refractivity contribution in [1.82, 2.24) is 33.8 Å². The van der Waals surface area contributed by atoms with E-state index in [2.05, 4.69) is 32.3 Å². The lowest BCUT2D eigenvalue weighted by molar-refractivity contribution is -0.141. The van der Waals surface area contributed by atoms with Crippen LogP contribution in [0.3, 0.4) is 0 Å². The van der Waals surface area contributed by atoms with Crippen LogP contribution in [0, 0.1) is 11.7 Å². The van der Waals surface area contributed by atoms with Gasteiger partial charge in [0.25, 0.3) is 11.5 Å². The number of hydrogen-bond acceptors (Lipinski definition) is 6. The van der Waals surface area contributed by atoms with E-state index in [1.807, 2.05) is 6.07 Å². The van der Waals surface area contributed by atoms with Crippen LogP contribution in [-0.2, 0) is 27.2 Å². The third-order valence-electron chi connectivity index (χ3n) is 8.21. The average molecular weight is 637 g/mol. The normalized spacial score (nSPS) is 15.8. The molecule has 240 valence electrons. The average Bonchev–Trinajstić information content (AvgIpc) is 3.59. The molecule has 6 rings (SSSR count). The number of carbonyl (C=O) groups excluding carboxylic acids is 1. The molecule has 46 heavy (non-hydrogen) atoms. The topological polar surface area (TPSA) is 103 Å². The van der Waals surface area contributed by atoms with Gasteiger partial charge in [0.05, 0.1) is 17.5 Å². The van der Waals surface area contributed by atoms with E-state index in [0.717, 1.165) is 25.9 Å². The van der Waals surface area contributed by atoms with Crippen molar-refractivity contribution in [3.8, 4) is 22.5 Å². The van der Waals surface area contributed by atoms with Crippen molar-refractivity contribution >= 4 is 22.6 Å². The highest BCUT2D eigenvalue weighted by molar-refractivity contribution is 6.09. The fraction of sp³-hybridized carbons (Fsp3) is 0.344. The van der Waals surface area contributed by atoms with Crippen LogP contribution in [0.2, 0.25) is 0 Å². The maximum atomic E-state index is 14.4. The number of imidazole rings is 1. The van der Waals surface area contributed by atoms with Crippen molar-refractivity contribution in [2.24, 2.45) is 20.0 Å². The molecule has 14 heteroatoms. The van der Waals surface area contributed by atoms with Gasteiger partial charge in [-0.05, 0) is 72.3 Å². The fourth-order valence-corrected chi connectivity index (χ4v) is 6.10. The quantitative estimate of drug-likeness (QED) is 0.241. The molecule has 1 aliphatic heterocycles. The Morgan fingerprint density at radius 3 is 2.59 bits per heavy atom. The minimum atomic E-state index is -4.67. The van der Waals surface area contributed by atoms with E-state index in [-0.39, 0.29) is 5.69 Å². The van der Waals surface area contributed by atoms with Crippen LogP contribution in [0.15, 0.2) is 60.0 Å². The number of piperidine rings is 1. The number of amides is 1. The maximum Gasteiger partial charge on any atom is 0.406 e. The minimum absolute atomic E-state index is 0.225. The Labute approximate surface area is 261 Å². The summed E-state index contributed by atoms with van der Waals surface area (Å²) < 4.78 is 58.8. The summed E-state index contributed by atoms with van der Waals surface area (Å²) in [4.78, 5) is 33.6. The molecule has 0 aliphatic carbocycles. The number of nitrogens with one attached hydrogen (secondary N) is 1. The van der Waals surface area contributed by atoms with Crippen molar-refractivity contribution in [2.75, 3.05) is 18.4 Å². The summed E-state index contributed by atoms with van der Waals surface area (Å²) >= 11 is 0. The highest BCUT2D eigenvalue weighted by Crippen LogP contribution is 2.36. The largest absolute Gasteiger partial charge is 0.406 e. The lowest BCUT2D eigenvalue weighted by Crippen LogP contribution is -2.36. The highest BCUT2D eigenvalue weighted by atomic mass is 19.4. The number of aryl methyl sites for hydroxylation is 2. The molecule has 4 heterocycles. The molecule has 1 atom stereocenters. The number of carbonyl (C=O) groups is 1. The zero-order valence-corrected chi connectivity index (χ0v) is 25.5. The summed E-state index contributed by atoms with van der Waals surface area (Å²) in [7, 11) is 3.49. The zero-order chi connectivity index (χ0) is 32.7. The van der Waals surface area contributed by atoms with Crippen LogP contribution in [-0.4, -0.2) is 59.0 Å². The summed E-state index contributed by atoms with van der Waals surface area (Å²) in [6.45, 7) is 2.44. The van der Waals surface area contributed by atoms with Crippen LogP contribution in [0.1, 0.15) is 35.7 Å². The van der Waals surface area contributed by atoms with Crippen molar-refractivity contribution in [1.29, 1.82) is 0 Å². The Morgan fingerprint density at radius 1 is 1.07 bits per heavy atom. The van der Waals surface area contributed by atoms with E-state index in [9.17, 15) is 27.2 Å². The third-order valence-corrected chi connectivity index (χ3v) is 8.21. The molecule has 3 aromatic heterocycles. The first-order chi connectivity index (χ1) is 21.9. The molecular weight excluding hydrogens is 604 g/mol. The van der Waals surface area contributed by atoms with Gasteiger partial charge in [0.2, 0.25) is 0 Å². The molecule has 10 nitrogen and oxygen atoms in total. The first kappa shape index (κ1) is 31.1. The number of likely N-dealkylation sites (tertiary alicyclic amines) is 1. The van der Waals surface area contributed by atoms with Crippen LogP contribution in [0.4, 0.5) is 23.2 Å². The monoisotopic (exact) mass is 636 g/mol. The third kappa shape index (κ3) is 6.43. The lowest BCUT2D eigenvalue weighted by Gasteiger charge is -2.31. The van der Waals surface area contributed by atoms with Gasteiger partial charge in [-0.2, -0.15) is 13.2 Å². The van der Waals surface area contributed by atoms with Crippen molar-refractivity contribution in [3.05, 3.63) is 82.5 Å². The fourth-order valence-electron chi connectivity index (χ4n) is 6.10. The number of rotatable bonds is 7. The van der Waals surface area contributed by atoms with Gasteiger partial charge in [0, 0.05) is 38.9 Å². The van der Waals surface area contributed by atoms with Crippen molar-refractivity contribution < 1.29 is 22.4 Å². The van der Waals surface area contributed by atoms with Gasteiger partial charge in [-0.3, -0.25) is 14.5 Å². The minimum Gasteiger partial charge on any atom is -0.334 e. The molecule has 0 radical (unpaired) electrons. The molecule has 0 saturated carbocycles. The Bertz CT molecular complexity index is 1990. The van der Waals surface area contributed by atoms with E-state index < -0.39 is 35.6 Å². The SMILES string of the molecule is C[C@H]1CCCN(Cc2cc(C(=O)Nc3cc(-c4ccc(F)cc4-c4nncn4C)cc4c3ncn4C)c(=O)n(CC(F)(F)F)c2)C1. The van der Waals surface area contributed by atoms with Crippen molar-refractivity contribution in [2.45, 2.75) is 39.0 Å². The second-order valence-corrected chi connectivity index (χ2v) is 11.9. The molecule has 0 unspecified atom stereocenters. The number of aromatic nitrogens is 6. The number of anilines is 1. The molecule has 1 N–H and O–H groups in total. The summed E-state index contributed by atoms with van der Waals surface area (Å²) in [6.07, 6.45) is 1.59. The number of alkyl halides is 3. The molecule has 1 fully saturated rings. The van der Waals surface area contributed by atoms with Gasteiger partial charge in [-0.1, -0.05) is 13.0 Å². The van der Waals surface area contributed by atoms with Gasteiger partial charge in [0.15, 0.2) is 5.82 Å². The van der Waals surface area contributed by atoms with Gasteiger partial charge >= 0.3 is 6.18 Å². The van der Waals surface area contributed by atoms with Gasteiger partial charge < -0.3 is 19.0 Å². The smallest absolute Gasteiger partial charge is 0.334 e. The van der Waals surface area contributed by atoms with Gasteiger partial charge in [-0.15, -0.1) is 10.2 Å². The lowest BCUT2D eigenvalue weighted by atomic mass is 9.97. The molecule has 2 aromatic carbocycles. The van der Waals surface area contributed by atoms with E-state index in [1.54, 1.807) is 41.7 Å². The Morgan fingerprint density at radius 2 is 1.87 bits per heavy atom. The predicted molar refractivity (Wildman–Crippen MR) is 164 cm³/mol. The van der Waals surface area contributed by atoms with Crippen LogP contribution in [0.5, 0.6) is 0 Å². The second-order valence-electron chi connectivity index (χ2n) is 11.9. The molecular formula is C32H32F4N8O2. The van der Waals surface area contributed by atoms with Gasteiger partial charge in [0.1, 0.15) is 29.8 Å². The number of nitrogens with zero attached hydrogens (tertiary/aromatic N) is 7. The predicted octanol–water partition coefficient (Wildman–Crippen LogP) is 5.38. The summed E-state index contributed by atoms with van der Waals surface area (Å²) in [5.41, 5.74) is 1.81. The highest BCUT2D eigenvalue weighted by Gasteiger charge is 2.30. The Kier molecular flexibility index (Phi) is 8.23. The molecule has 0 spiro atoms. The number of fused-ring (bicyclic) bond motifs is 1. The molecule has 1 aliphatic rings.